The van der Waals surface area contributed by atoms with E-state index >= 15 is 0 Å². The van der Waals surface area contributed by atoms with E-state index in [4.69, 9.17) is 0 Å². The molecule has 3 heteroatoms. The topological polar surface area (TPSA) is 17.8 Å². The molecule has 0 saturated heterocycles. The molecule has 0 atom stereocenters. The van der Waals surface area contributed by atoms with E-state index in [1.54, 1.807) is 0 Å². The number of hydrogen-bond donors (Lipinski definition) is 0. The second-order valence-electron chi connectivity index (χ2n) is 2.24. The molecule has 0 aliphatic carbocycles. The summed E-state index contributed by atoms with van der Waals surface area (Å²) in [6, 6.07) is 2.09. The molecule has 0 amide bonds. The quantitative estimate of drug-likeness (QED) is 0.458. The van der Waals surface area contributed by atoms with E-state index in [9.17, 15) is 0 Å². The number of aryl methyl sites for hydroxylation is 2. The Labute approximate surface area is 56.3 Å². The summed E-state index contributed by atoms with van der Waals surface area (Å²) in [5.74, 6) is 0. The first-order valence-electron chi connectivity index (χ1n) is 3.25. The van der Waals surface area contributed by atoms with Crippen molar-refractivity contribution in [2.75, 3.05) is 0 Å². The van der Waals surface area contributed by atoms with Crippen LogP contribution in [0.2, 0.25) is 0 Å². The fraction of sp³-hybridized carbons (Fsp3) is 0.500. The van der Waals surface area contributed by atoms with Gasteiger partial charge in [-0.1, -0.05) is 0 Å². The fourth-order valence-corrected chi connectivity index (χ4v) is 0.995. The van der Waals surface area contributed by atoms with E-state index < -0.39 is 0 Å². The van der Waals surface area contributed by atoms with Gasteiger partial charge in [-0.05, 0) is 19.9 Å². The van der Waals surface area contributed by atoms with Crippen LogP contribution in [0.5, 0.6) is 0 Å². The van der Waals surface area contributed by atoms with Crippen LogP contribution in [-0.4, -0.2) is 17.6 Å². The normalized spacial score (nSPS) is 10.0. The van der Waals surface area contributed by atoms with Crippen LogP contribution in [0.3, 0.4) is 0 Å². The van der Waals surface area contributed by atoms with E-state index in [0.717, 1.165) is 12.1 Å². The summed E-state index contributed by atoms with van der Waals surface area (Å²) < 4.78 is 2.00. The Morgan fingerprint density at radius 3 is 2.67 bits per heavy atom. The molecule has 0 bridgehead atoms. The van der Waals surface area contributed by atoms with Crippen LogP contribution in [0, 0.1) is 6.92 Å². The van der Waals surface area contributed by atoms with Crippen LogP contribution in [0.15, 0.2) is 6.07 Å². The molecular formula is C6H11BN2. The van der Waals surface area contributed by atoms with Crippen molar-refractivity contribution in [3.8, 4) is 0 Å². The van der Waals surface area contributed by atoms with Gasteiger partial charge in [-0.3, -0.25) is 4.68 Å². The minimum atomic E-state index is 0.972. The van der Waals surface area contributed by atoms with E-state index in [-0.39, 0.29) is 0 Å². The molecule has 1 heterocycles. The minimum absolute atomic E-state index is 0.972. The predicted octanol–water partition coefficient (Wildman–Crippen LogP) is -0.530. The van der Waals surface area contributed by atoms with Crippen molar-refractivity contribution in [2.24, 2.45) is 0 Å². The van der Waals surface area contributed by atoms with Gasteiger partial charge >= 0.3 is 0 Å². The van der Waals surface area contributed by atoms with Gasteiger partial charge in [0.1, 0.15) is 0 Å². The molecule has 48 valence electrons. The Hall–Kier alpha value is -0.725. The average Bonchev–Trinajstić information content (AvgIpc) is 2.10. The third-order valence-electron chi connectivity index (χ3n) is 1.40. The van der Waals surface area contributed by atoms with Gasteiger partial charge in [0.2, 0.25) is 0 Å². The molecule has 0 aliphatic heterocycles. The number of nitrogens with zero attached hydrogens (tertiary/aromatic N) is 2. The summed E-state index contributed by atoms with van der Waals surface area (Å²) in [6.07, 6.45) is 0. The summed E-state index contributed by atoms with van der Waals surface area (Å²) in [4.78, 5) is 0. The van der Waals surface area contributed by atoms with Gasteiger partial charge in [-0.25, -0.2) is 0 Å². The third-order valence-corrected chi connectivity index (χ3v) is 1.40. The Kier molecular flexibility index (Phi) is 1.60. The molecule has 0 radical (unpaired) electrons. The monoisotopic (exact) mass is 122 g/mol. The molecule has 9 heavy (non-hydrogen) atoms. The maximum absolute atomic E-state index is 4.25. The minimum Gasteiger partial charge on any atom is -0.271 e. The zero-order valence-electron chi connectivity index (χ0n) is 6.18. The van der Waals surface area contributed by atoms with Crippen LogP contribution >= 0.6 is 0 Å². The van der Waals surface area contributed by atoms with Gasteiger partial charge in [-0.2, -0.15) is 5.10 Å². The van der Waals surface area contributed by atoms with Crippen molar-refractivity contribution in [1.82, 2.24) is 9.78 Å². The Morgan fingerprint density at radius 2 is 2.44 bits per heavy atom. The average molecular weight is 122 g/mol. The van der Waals surface area contributed by atoms with E-state index in [1.807, 2.05) is 12.5 Å². The first kappa shape index (κ1) is 6.40. The molecule has 0 aliphatic rings. The Balaban J connectivity index is 3.01. The molecule has 1 rings (SSSR count). The van der Waals surface area contributed by atoms with Gasteiger partial charge < -0.3 is 0 Å². The van der Waals surface area contributed by atoms with E-state index in [0.29, 0.717) is 0 Å². The second kappa shape index (κ2) is 2.25. The highest BCUT2D eigenvalue weighted by Crippen LogP contribution is 1.90. The van der Waals surface area contributed by atoms with Crippen molar-refractivity contribution >= 4 is 13.4 Å². The summed E-state index contributed by atoms with van der Waals surface area (Å²) >= 11 is 0. The van der Waals surface area contributed by atoms with Crippen molar-refractivity contribution in [3.63, 3.8) is 0 Å². The summed E-state index contributed by atoms with van der Waals surface area (Å²) in [7, 11) is 2.01. The maximum Gasteiger partial charge on any atom is 0.166 e. The lowest BCUT2D eigenvalue weighted by Crippen LogP contribution is -2.06. The third kappa shape index (κ3) is 1.15. The largest absolute Gasteiger partial charge is 0.271 e. The summed E-state index contributed by atoms with van der Waals surface area (Å²) in [5, 5.41) is 4.25. The molecule has 1 aromatic heterocycles. The predicted molar refractivity (Wildman–Crippen MR) is 40.8 cm³/mol. The van der Waals surface area contributed by atoms with Crippen molar-refractivity contribution < 1.29 is 0 Å². The van der Waals surface area contributed by atoms with Gasteiger partial charge in [-0.15, -0.1) is 0 Å². The second-order valence-corrected chi connectivity index (χ2v) is 2.24. The van der Waals surface area contributed by atoms with Crippen molar-refractivity contribution in [2.45, 2.75) is 20.4 Å². The lowest BCUT2D eigenvalue weighted by atomic mass is 10.1. The number of rotatable bonds is 1. The lowest BCUT2D eigenvalue weighted by Gasteiger charge is -1.95. The van der Waals surface area contributed by atoms with Gasteiger partial charge in [0.05, 0.1) is 0 Å². The highest BCUT2D eigenvalue weighted by Gasteiger charge is 1.94. The Bertz CT molecular complexity index is 205. The first-order valence-corrected chi connectivity index (χ1v) is 3.25. The summed E-state index contributed by atoms with van der Waals surface area (Å²) in [6.45, 7) is 5.14. The molecule has 0 fully saturated rings. The molecule has 0 aromatic carbocycles. The Morgan fingerprint density at radius 1 is 1.78 bits per heavy atom. The van der Waals surface area contributed by atoms with E-state index in [1.165, 1.54) is 5.69 Å². The molecular weight excluding hydrogens is 111 g/mol. The molecule has 1 aromatic rings. The molecule has 2 nitrogen and oxygen atoms in total. The molecule has 0 saturated carbocycles. The smallest absolute Gasteiger partial charge is 0.166 e. The van der Waals surface area contributed by atoms with Crippen molar-refractivity contribution in [1.29, 1.82) is 0 Å². The number of hydrogen-bond acceptors (Lipinski definition) is 1. The van der Waals surface area contributed by atoms with Gasteiger partial charge in [0, 0.05) is 17.8 Å². The molecule has 0 unspecified atom stereocenters. The highest BCUT2D eigenvalue weighted by atomic mass is 15.3. The van der Waals surface area contributed by atoms with Gasteiger partial charge in [0.25, 0.3) is 0 Å². The van der Waals surface area contributed by atoms with Crippen LogP contribution in [0.25, 0.3) is 0 Å². The lowest BCUT2D eigenvalue weighted by molar-refractivity contribution is 0.644. The number of aromatic nitrogens is 2. The van der Waals surface area contributed by atoms with Crippen LogP contribution in [0.4, 0.5) is 0 Å². The van der Waals surface area contributed by atoms with Crippen LogP contribution in [0.1, 0.15) is 12.6 Å². The first-order chi connectivity index (χ1) is 4.24. The van der Waals surface area contributed by atoms with Gasteiger partial charge in [0.15, 0.2) is 7.85 Å². The van der Waals surface area contributed by atoms with E-state index in [2.05, 4.69) is 25.0 Å². The maximum atomic E-state index is 4.25. The molecule has 0 N–H and O–H groups in total. The highest BCUT2D eigenvalue weighted by molar-refractivity contribution is 6.30. The fourth-order valence-electron chi connectivity index (χ4n) is 0.995. The van der Waals surface area contributed by atoms with Crippen molar-refractivity contribution in [3.05, 3.63) is 11.8 Å². The van der Waals surface area contributed by atoms with Crippen LogP contribution in [-0.2, 0) is 6.54 Å². The van der Waals surface area contributed by atoms with Crippen LogP contribution < -0.4 is 5.59 Å². The zero-order chi connectivity index (χ0) is 6.85. The SMILES string of the molecule is Bc1cc(C)n(CC)n1. The summed E-state index contributed by atoms with van der Waals surface area (Å²) in [5.41, 5.74) is 2.35. The zero-order valence-corrected chi connectivity index (χ0v) is 6.18. The standard InChI is InChI=1S/C6H11BN2/c1-3-9-5(2)4-6(7)8-9/h4H,3,7H2,1-2H3. The molecule has 0 spiro atoms.